The van der Waals surface area contributed by atoms with E-state index in [0.717, 1.165) is 31.5 Å². The van der Waals surface area contributed by atoms with Crippen LogP contribution in [0.5, 0.6) is 11.5 Å². The lowest BCUT2D eigenvalue weighted by Crippen LogP contribution is -2.27. The summed E-state index contributed by atoms with van der Waals surface area (Å²) in [5.41, 5.74) is 1.37. The smallest absolute Gasteiger partial charge is 0.254 e. The van der Waals surface area contributed by atoms with Crippen molar-refractivity contribution in [3.8, 4) is 11.5 Å². The minimum absolute atomic E-state index is 0.202. The first-order chi connectivity index (χ1) is 13.2. The normalized spacial score (nSPS) is 14.4. The Morgan fingerprint density at radius 2 is 1.70 bits per heavy atom. The third-order valence-corrected chi connectivity index (χ3v) is 4.69. The number of anilines is 1. The monoisotopic (exact) mass is 370 g/mol. The average molecular weight is 370 g/mol. The van der Waals surface area contributed by atoms with Crippen molar-refractivity contribution in [2.75, 3.05) is 32.2 Å². The first-order valence-corrected chi connectivity index (χ1v) is 9.27. The Hall–Kier alpha value is -2.83. The van der Waals surface area contributed by atoms with Gasteiger partial charge in [0.1, 0.15) is 0 Å². The van der Waals surface area contributed by atoms with Crippen molar-refractivity contribution < 1.29 is 14.3 Å². The van der Waals surface area contributed by atoms with Gasteiger partial charge in [-0.15, -0.1) is 0 Å². The van der Waals surface area contributed by atoms with Gasteiger partial charge < -0.3 is 19.7 Å². The molecule has 0 spiro atoms. The average Bonchev–Trinajstić information content (AvgIpc) is 3.01. The largest absolute Gasteiger partial charge is 0.493 e. The summed E-state index contributed by atoms with van der Waals surface area (Å²) in [5.74, 6) is 1.79. The highest BCUT2D eigenvalue weighted by atomic mass is 16.5. The molecule has 3 rings (SSSR count). The van der Waals surface area contributed by atoms with E-state index in [1.165, 1.54) is 12.8 Å². The van der Waals surface area contributed by atoms with E-state index >= 15 is 0 Å². The van der Waals surface area contributed by atoms with Crippen molar-refractivity contribution in [2.45, 2.75) is 32.2 Å². The second-order valence-electron chi connectivity index (χ2n) is 6.55. The Bertz CT molecular complexity index is 756. The molecule has 0 unspecified atom stereocenters. The fraction of sp³-hybridized carbons (Fsp3) is 0.450. The number of carbonyl (C=O) groups excluding carboxylic acids is 1. The third kappa shape index (κ3) is 4.87. The van der Waals surface area contributed by atoms with Gasteiger partial charge in [0.2, 0.25) is 5.95 Å². The Morgan fingerprint density at radius 1 is 1.04 bits per heavy atom. The highest BCUT2D eigenvalue weighted by molar-refractivity contribution is 5.93. The molecule has 1 N–H and O–H groups in total. The van der Waals surface area contributed by atoms with Crippen LogP contribution in [0.1, 0.15) is 41.6 Å². The van der Waals surface area contributed by atoms with Crippen molar-refractivity contribution >= 4 is 11.9 Å². The van der Waals surface area contributed by atoms with Crippen molar-refractivity contribution in [1.82, 2.24) is 15.3 Å². The molecule has 7 nitrogen and oxygen atoms in total. The van der Waals surface area contributed by atoms with Crippen LogP contribution in [0.15, 0.2) is 30.6 Å². The molecule has 2 heterocycles. The van der Waals surface area contributed by atoms with Crippen molar-refractivity contribution in [3.63, 3.8) is 0 Å². The summed E-state index contributed by atoms with van der Waals surface area (Å²) >= 11 is 0. The minimum Gasteiger partial charge on any atom is -0.493 e. The van der Waals surface area contributed by atoms with Crippen LogP contribution in [0.4, 0.5) is 5.95 Å². The standard InChI is InChI=1S/C20H26N4O3/c1-26-17-8-7-15(11-18(17)27-2)12-21-19(25)16-13-22-20(23-14-16)24-9-5-3-4-6-10-24/h7-8,11,13-14H,3-6,9-10,12H2,1-2H3,(H,21,25). The molecule has 1 aromatic heterocycles. The molecule has 7 heteroatoms. The van der Waals surface area contributed by atoms with Gasteiger partial charge in [0, 0.05) is 32.0 Å². The number of methoxy groups -OCH3 is 2. The maximum Gasteiger partial charge on any atom is 0.254 e. The topological polar surface area (TPSA) is 76.6 Å². The summed E-state index contributed by atoms with van der Waals surface area (Å²) in [4.78, 5) is 23.3. The van der Waals surface area contributed by atoms with E-state index in [9.17, 15) is 4.79 Å². The van der Waals surface area contributed by atoms with Crippen molar-refractivity contribution in [3.05, 3.63) is 41.7 Å². The van der Waals surface area contributed by atoms with E-state index in [1.807, 2.05) is 18.2 Å². The lowest BCUT2D eigenvalue weighted by atomic mass is 10.2. The maximum absolute atomic E-state index is 12.4. The zero-order valence-electron chi connectivity index (χ0n) is 15.9. The highest BCUT2D eigenvalue weighted by Crippen LogP contribution is 2.27. The summed E-state index contributed by atoms with van der Waals surface area (Å²) in [5, 5.41) is 2.88. The second kappa shape index (κ2) is 9.21. The molecule has 0 radical (unpaired) electrons. The quantitative estimate of drug-likeness (QED) is 0.843. The molecule has 27 heavy (non-hydrogen) atoms. The van der Waals surface area contributed by atoms with Crippen LogP contribution in [-0.4, -0.2) is 43.2 Å². The molecule has 0 bridgehead atoms. The molecule has 144 valence electrons. The van der Waals surface area contributed by atoms with Gasteiger partial charge in [-0.3, -0.25) is 4.79 Å². The van der Waals surface area contributed by atoms with Crippen LogP contribution in [0.3, 0.4) is 0 Å². The number of ether oxygens (including phenoxy) is 2. The Balaban J connectivity index is 1.59. The Kier molecular flexibility index (Phi) is 6.46. The third-order valence-electron chi connectivity index (χ3n) is 4.69. The second-order valence-corrected chi connectivity index (χ2v) is 6.55. The lowest BCUT2D eigenvalue weighted by molar-refractivity contribution is 0.0950. The van der Waals surface area contributed by atoms with Crippen LogP contribution < -0.4 is 19.7 Å². The molecule has 0 atom stereocenters. The summed E-state index contributed by atoms with van der Waals surface area (Å²) in [6.45, 7) is 2.34. The van der Waals surface area contributed by atoms with Crippen molar-refractivity contribution in [1.29, 1.82) is 0 Å². The maximum atomic E-state index is 12.4. The molecule has 1 fully saturated rings. The molecule has 1 amide bonds. The van der Waals surface area contributed by atoms with E-state index < -0.39 is 0 Å². The first kappa shape index (κ1) is 18.9. The number of hydrogen-bond acceptors (Lipinski definition) is 6. The first-order valence-electron chi connectivity index (χ1n) is 9.27. The number of hydrogen-bond donors (Lipinski definition) is 1. The van der Waals surface area contributed by atoms with Gasteiger partial charge in [0.05, 0.1) is 19.8 Å². The van der Waals surface area contributed by atoms with Crippen molar-refractivity contribution in [2.24, 2.45) is 0 Å². The van der Waals surface area contributed by atoms with Gasteiger partial charge in [-0.2, -0.15) is 0 Å². The van der Waals surface area contributed by atoms with E-state index in [-0.39, 0.29) is 5.91 Å². The molecule has 2 aromatic rings. The summed E-state index contributed by atoms with van der Waals surface area (Å²) in [7, 11) is 3.18. The number of nitrogens with zero attached hydrogens (tertiary/aromatic N) is 3. The number of rotatable bonds is 6. The highest BCUT2D eigenvalue weighted by Gasteiger charge is 2.14. The molecule has 0 aliphatic carbocycles. The molecule has 1 aliphatic rings. The summed E-state index contributed by atoms with van der Waals surface area (Å²) in [6, 6.07) is 5.55. The van der Waals surface area contributed by atoms with E-state index in [4.69, 9.17) is 9.47 Å². The molecular weight excluding hydrogens is 344 g/mol. The van der Waals surface area contributed by atoms with E-state index in [1.54, 1.807) is 26.6 Å². The number of aromatic nitrogens is 2. The predicted octanol–water partition coefficient (Wildman–Crippen LogP) is 2.80. The summed E-state index contributed by atoms with van der Waals surface area (Å²) < 4.78 is 10.5. The number of benzene rings is 1. The summed E-state index contributed by atoms with van der Waals surface area (Å²) in [6.07, 6.45) is 8.03. The zero-order chi connectivity index (χ0) is 19.1. The van der Waals surface area contributed by atoms with Gasteiger partial charge in [-0.05, 0) is 30.5 Å². The molecule has 1 aromatic carbocycles. The van der Waals surface area contributed by atoms with Crippen LogP contribution in [0.2, 0.25) is 0 Å². The number of nitrogens with one attached hydrogen (secondary N) is 1. The van der Waals surface area contributed by atoms with Crippen LogP contribution in [0, 0.1) is 0 Å². The SMILES string of the molecule is COc1ccc(CNC(=O)c2cnc(N3CCCCCC3)nc2)cc1OC. The molecule has 1 aliphatic heterocycles. The Morgan fingerprint density at radius 3 is 2.33 bits per heavy atom. The van der Waals surface area contributed by atoms with Crippen LogP contribution in [0.25, 0.3) is 0 Å². The molecular formula is C20H26N4O3. The fourth-order valence-electron chi connectivity index (χ4n) is 3.15. The lowest BCUT2D eigenvalue weighted by Gasteiger charge is -2.19. The van der Waals surface area contributed by atoms with E-state index in [2.05, 4.69) is 20.2 Å². The fourth-order valence-corrected chi connectivity index (χ4v) is 3.15. The van der Waals surface area contributed by atoms with Gasteiger partial charge in [-0.1, -0.05) is 18.9 Å². The minimum atomic E-state index is -0.202. The van der Waals surface area contributed by atoms with Gasteiger partial charge >= 0.3 is 0 Å². The van der Waals surface area contributed by atoms with Gasteiger partial charge in [-0.25, -0.2) is 9.97 Å². The van der Waals surface area contributed by atoms with Crippen LogP contribution >= 0.6 is 0 Å². The molecule has 1 saturated heterocycles. The van der Waals surface area contributed by atoms with E-state index in [0.29, 0.717) is 29.6 Å². The van der Waals surface area contributed by atoms with Crippen LogP contribution in [-0.2, 0) is 6.54 Å². The predicted molar refractivity (Wildman–Crippen MR) is 103 cm³/mol. The van der Waals surface area contributed by atoms with Gasteiger partial charge in [0.25, 0.3) is 5.91 Å². The Labute approximate surface area is 159 Å². The van der Waals surface area contributed by atoms with Gasteiger partial charge in [0.15, 0.2) is 11.5 Å². The zero-order valence-corrected chi connectivity index (χ0v) is 15.9. The molecule has 0 saturated carbocycles. The number of carbonyl (C=O) groups is 1. The number of amides is 1.